The molecule has 0 spiro atoms. The van der Waals surface area contributed by atoms with Crippen molar-refractivity contribution in [1.82, 2.24) is 10.6 Å². The number of amides is 2. The molecule has 138 valence electrons. The van der Waals surface area contributed by atoms with E-state index in [1.807, 2.05) is 38.1 Å². The van der Waals surface area contributed by atoms with Crippen LogP contribution in [0.15, 0.2) is 48.5 Å². The number of hydrogen-bond donors (Lipinski definition) is 2. The molecule has 2 N–H and O–H groups in total. The van der Waals surface area contributed by atoms with Gasteiger partial charge in [-0.15, -0.1) is 0 Å². The molecule has 0 aliphatic carbocycles. The van der Waals surface area contributed by atoms with Gasteiger partial charge in [-0.3, -0.25) is 9.59 Å². The lowest BCUT2D eigenvalue weighted by atomic mass is 10.1. The monoisotopic (exact) mass is 354 g/mol. The predicted octanol–water partition coefficient (Wildman–Crippen LogP) is 2.87. The number of ether oxygens (including phenoxy) is 1. The lowest BCUT2D eigenvalue weighted by Crippen LogP contribution is -2.34. The highest BCUT2D eigenvalue weighted by atomic mass is 16.5. The summed E-state index contributed by atoms with van der Waals surface area (Å²) in [6.45, 7) is 5.35. The van der Waals surface area contributed by atoms with Crippen molar-refractivity contribution in [2.45, 2.75) is 26.7 Å². The third kappa shape index (κ3) is 6.59. The molecule has 2 aromatic carbocycles. The molecular formula is C21H26N2O3. The predicted molar refractivity (Wildman–Crippen MR) is 102 cm³/mol. The summed E-state index contributed by atoms with van der Waals surface area (Å²) in [5, 5.41) is 5.61. The van der Waals surface area contributed by atoms with E-state index >= 15 is 0 Å². The maximum Gasteiger partial charge on any atom is 0.251 e. The Morgan fingerprint density at radius 3 is 2.23 bits per heavy atom. The van der Waals surface area contributed by atoms with Crippen molar-refractivity contribution >= 4 is 11.8 Å². The van der Waals surface area contributed by atoms with Gasteiger partial charge in [0.1, 0.15) is 5.75 Å². The Balaban J connectivity index is 1.63. The number of carbonyl (C=O) groups is 2. The van der Waals surface area contributed by atoms with Crippen molar-refractivity contribution in [3.05, 3.63) is 65.2 Å². The normalized spacial score (nSPS) is 10.2. The van der Waals surface area contributed by atoms with Crippen LogP contribution in [0.4, 0.5) is 0 Å². The van der Waals surface area contributed by atoms with Gasteiger partial charge < -0.3 is 15.4 Å². The molecule has 0 aliphatic rings. The van der Waals surface area contributed by atoms with Crippen LogP contribution in [0.1, 0.15) is 34.8 Å². The SMILES string of the molecule is CCOc1ccc(C(=O)NCCNC(=O)CCc2ccc(C)cc2)cc1. The molecule has 0 aliphatic heterocycles. The summed E-state index contributed by atoms with van der Waals surface area (Å²) in [5.41, 5.74) is 2.93. The van der Waals surface area contributed by atoms with Gasteiger partial charge in [0, 0.05) is 25.1 Å². The highest BCUT2D eigenvalue weighted by Gasteiger charge is 2.06. The number of carbonyl (C=O) groups excluding carboxylic acids is 2. The van der Waals surface area contributed by atoms with Gasteiger partial charge in [-0.1, -0.05) is 29.8 Å². The van der Waals surface area contributed by atoms with E-state index in [2.05, 4.69) is 10.6 Å². The Labute approximate surface area is 154 Å². The first kappa shape index (κ1) is 19.5. The highest BCUT2D eigenvalue weighted by Crippen LogP contribution is 2.11. The molecule has 0 heterocycles. The molecule has 26 heavy (non-hydrogen) atoms. The van der Waals surface area contributed by atoms with Crippen molar-refractivity contribution < 1.29 is 14.3 Å². The van der Waals surface area contributed by atoms with Crippen LogP contribution in [-0.4, -0.2) is 31.5 Å². The van der Waals surface area contributed by atoms with E-state index in [0.29, 0.717) is 38.1 Å². The van der Waals surface area contributed by atoms with Gasteiger partial charge in [-0.25, -0.2) is 0 Å². The zero-order valence-electron chi connectivity index (χ0n) is 15.4. The standard InChI is InChI=1S/C21H26N2O3/c1-3-26-19-11-9-18(10-12-19)21(25)23-15-14-22-20(24)13-8-17-6-4-16(2)5-7-17/h4-7,9-12H,3,8,13-15H2,1-2H3,(H,22,24)(H,23,25). The minimum atomic E-state index is -0.165. The van der Waals surface area contributed by atoms with Gasteiger partial charge in [0.2, 0.25) is 5.91 Å². The van der Waals surface area contributed by atoms with Crippen LogP contribution in [0.2, 0.25) is 0 Å². The molecule has 0 saturated carbocycles. The summed E-state index contributed by atoms with van der Waals surface area (Å²) in [5.74, 6) is 0.563. The van der Waals surface area contributed by atoms with Gasteiger partial charge in [0.05, 0.1) is 6.61 Å². The Kier molecular flexibility index (Phi) is 7.68. The number of rotatable bonds is 9. The molecule has 0 radical (unpaired) electrons. The summed E-state index contributed by atoms with van der Waals surface area (Å²) in [7, 11) is 0. The maximum atomic E-state index is 12.0. The van der Waals surface area contributed by atoms with Gasteiger partial charge in [-0.05, 0) is 50.1 Å². The lowest BCUT2D eigenvalue weighted by molar-refractivity contribution is -0.121. The molecule has 0 fully saturated rings. The first-order chi connectivity index (χ1) is 12.6. The number of nitrogens with one attached hydrogen (secondary N) is 2. The van der Waals surface area contributed by atoms with Crippen molar-refractivity contribution in [3.8, 4) is 5.75 Å². The summed E-state index contributed by atoms with van der Waals surface area (Å²) in [6.07, 6.45) is 1.15. The summed E-state index contributed by atoms with van der Waals surface area (Å²) in [6, 6.07) is 15.2. The van der Waals surface area contributed by atoms with Crippen LogP contribution in [0.3, 0.4) is 0 Å². The van der Waals surface area contributed by atoms with Gasteiger partial charge in [0.15, 0.2) is 0 Å². The smallest absolute Gasteiger partial charge is 0.251 e. The van der Waals surface area contributed by atoms with Crippen molar-refractivity contribution in [3.63, 3.8) is 0 Å². The zero-order valence-corrected chi connectivity index (χ0v) is 15.4. The average molecular weight is 354 g/mol. The Bertz CT molecular complexity index is 709. The highest BCUT2D eigenvalue weighted by molar-refractivity contribution is 5.94. The second-order valence-corrected chi connectivity index (χ2v) is 6.05. The lowest BCUT2D eigenvalue weighted by Gasteiger charge is -2.08. The fraction of sp³-hybridized carbons (Fsp3) is 0.333. The first-order valence-electron chi connectivity index (χ1n) is 8.92. The Hall–Kier alpha value is -2.82. The quantitative estimate of drug-likeness (QED) is 0.681. The second-order valence-electron chi connectivity index (χ2n) is 6.05. The third-order valence-electron chi connectivity index (χ3n) is 3.92. The molecule has 0 bridgehead atoms. The molecule has 0 atom stereocenters. The Morgan fingerprint density at radius 1 is 0.923 bits per heavy atom. The van der Waals surface area contributed by atoms with Crippen LogP contribution >= 0.6 is 0 Å². The van der Waals surface area contributed by atoms with Gasteiger partial charge in [-0.2, -0.15) is 0 Å². The molecule has 5 heteroatoms. The largest absolute Gasteiger partial charge is 0.494 e. The van der Waals surface area contributed by atoms with Gasteiger partial charge in [0.25, 0.3) is 5.91 Å². The van der Waals surface area contributed by atoms with Crippen molar-refractivity contribution in [2.24, 2.45) is 0 Å². The van der Waals surface area contributed by atoms with E-state index in [1.54, 1.807) is 24.3 Å². The second kappa shape index (κ2) is 10.2. The molecule has 2 amide bonds. The van der Waals surface area contributed by atoms with E-state index < -0.39 is 0 Å². The molecule has 2 rings (SSSR count). The Morgan fingerprint density at radius 2 is 1.58 bits per heavy atom. The van der Waals surface area contributed by atoms with Crippen LogP contribution < -0.4 is 15.4 Å². The average Bonchev–Trinajstić information content (AvgIpc) is 2.65. The van der Waals surface area contributed by atoms with E-state index in [1.165, 1.54) is 5.56 Å². The molecule has 0 saturated heterocycles. The molecule has 5 nitrogen and oxygen atoms in total. The van der Waals surface area contributed by atoms with Gasteiger partial charge >= 0.3 is 0 Å². The summed E-state index contributed by atoms with van der Waals surface area (Å²) < 4.78 is 5.35. The topological polar surface area (TPSA) is 67.4 Å². The number of benzene rings is 2. The summed E-state index contributed by atoms with van der Waals surface area (Å²) >= 11 is 0. The van der Waals surface area contributed by atoms with Crippen LogP contribution in [-0.2, 0) is 11.2 Å². The maximum absolute atomic E-state index is 12.0. The molecule has 0 unspecified atom stereocenters. The number of hydrogen-bond acceptors (Lipinski definition) is 3. The zero-order chi connectivity index (χ0) is 18.8. The molecular weight excluding hydrogens is 328 g/mol. The summed E-state index contributed by atoms with van der Waals surface area (Å²) in [4.78, 5) is 23.9. The fourth-order valence-corrected chi connectivity index (χ4v) is 2.45. The van der Waals surface area contributed by atoms with Crippen LogP contribution in [0.5, 0.6) is 5.75 Å². The molecule has 0 aromatic heterocycles. The van der Waals surface area contributed by atoms with Crippen molar-refractivity contribution in [1.29, 1.82) is 0 Å². The van der Waals surface area contributed by atoms with E-state index in [0.717, 1.165) is 11.3 Å². The van der Waals surface area contributed by atoms with E-state index in [-0.39, 0.29) is 11.8 Å². The van der Waals surface area contributed by atoms with E-state index in [9.17, 15) is 9.59 Å². The number of aryl methyl sites for hydroxylation is 2. The first-order valence-corrected chi connectivity index (χ1v) is 8.92. The molecule has 2 aromatic rings. The minimum absolute atomic E-state index is 0.0131. The van der Waals surface area contributed by atoms with Crippen LogP contribution in [0, 0.1) is 6.92 Å². The van der Waals surface area contributed by atoms with Crippen molar-refractivity contribution in [2.75, 3.05) is 19.7 Å². The fourth-order valence-electron chi connectivity index (χ4n) is 2.45. The minimum Gasteiger partial charge on any atom is -0.494 e. The van der Waals surface area contributed by atoms with E-state index in [4.69, 9.17) is 4.74 Å². The third-order valence-corrected chi connectivity index (χ3v) is 3.92. The van der Waals surface area contributed by atoms with Crippen LogP contribution in [0.25, 0.3) is 0 Å².